The summed E-state index contributed by atoms with van der Waals surface area (Å²) in [6.07, 6.45) is 3.90. The van der Waals surface area contributed by atoms with Crippen LogP contribution in [0.2, 0.25) is 0 Å². The Labute approximate surface area is 165 Å². The van der Waals surface area contributed by atoms with E-state index in [0.29, 0.717) is 0 Å². The Morgan fingerprint density at radius 1 is 1.04 bits per heavy atom. The van der Waals surface area contributed by atoms with Crippen molar-refractivity contribution in [2.45, 2.75) is 12.1 Å². The lowest BCUT2D eigenvalue weighted by atomic mass is 10.0. The van der Waals surface area contributed by atoms with Gasteiger partial charge in [-0.15, -0.1) is 0 Å². The summed E-state index contributed by atoms with van der Waals surface area (Å²) in [4.78, 5) is 8.88. The molecule has 0 spiro atoms. The molecule has 0 saturated carbocycles. The van der Waals surface area contributed by atoms with Crippen LogP contribution in [0, 0.1) is 0 Å². The van der Waals surface area contributed by atoms with Crippen molar-refractivity contribution in [3.05, 3.63) is 78.4 Å². The summed E-state index contributed by atoms with van der Waals surface area (Å²) in [5, 5.41) is 4.21. The molecule has 6 heteroatoms. The Bertz CT molecular complexity index is 933. The molecular weight excluding hydrogens is 354 g/mol. The zero-order chi connectivity index (χ0) is 19.0. The van der Waals surface area contributed by atoms with Crippen LogP contribution >= 0.6 is 12.2 Å². The second kappa shape index (κ2) is 7.04. The number of aromatic nitrogens is 2. The number of anilines is 2. The normalized spacial score (nSPS) is 19.2. The van der Waals surface area contributed by atoms with E-state index in [1.807, 2.05) is 32.4 Å². The van der Waals surface area contributed by atoms with Crippen LogP contribution in [-0.4, -0.2) is 28.8 Å². The van der Waals surface area contributed by atoms with Gasteiger partial charge >= 0.3 is 0 Å². The molecule has 0 radical (unpaired) electrons. The maximum absolute atomic E-state index is 5.75. The Morgan fingerprint density at radius 2 is 1.81 bits per heavy atom. The van der Waals surface area contributed by atoms with Gasteiger partial charge in [-0.2, -0.15) is 0 Å². The second-order valence-corrected chi connectivity index (χ2v) is 7.34. The van der Waals surface area contributed by atoms with Crippen molar-refractivity contribution >= 4 is 28.7 Å². The number of nitrogens with one attached hydrogen (secondary N) is 1. The SMILES string of the molecule is CN(C)c1ccc(N2C(=S)N[C@@H](c3ccccn3)[C@@H]2c2cccn2C)cc1. The summed E-state index contributed by atoms with van der Waals surface area (Å²) in [5.41, 5.74) is 4.41. The predicted molar refractivity (Wildman–Crippen MR) is 114 cm³/mol. The molecule has 0 amide bonds. The highest BCUT2D eigenvalue weighted by atomic mass is 32.1. The van der Waals surface area contributed by atoms with Gasteiger partial charge in [0.05, 0.1) is 11.7 Å². The van der Waals surface area contributed by atoms with Gasteiger partial charge in [0.15, 0.2) is 5.11 Å². The van der Waals surface area contributed by atoms with Crippen molar-refractivity contribution in [3.8, 4) is 0 Å². The van der Waals surface area contributed by atoms with E-state index in [4.69, 9.17) is 12.2 Å². The lowest BCUT2D eigenvalue weighted by Crippen LogP contribution is -2.30. The summed E-state index contributed by atoms with van der Waals surface area (Å²) < 4.78 is 2.15. The van der Waals surface area contributed by atoms with E-state index in [1.165, 1.54) is 5.69 Å². The highest BCUT2D eigenvalue weighted by molar-refractivity contribution is 7.80. The molecule has 27 heavy (non-hydrogen) atoms. The van der Waals surface area contributed by atoms with Gasteiger partial charge in [0.1, 0.15) is 6.04 Å². The van der Waals surface area contributed by atoms with Gasteiger partial charge in [0, 0.05) is 50.6 Å². The van der Waals surface area contributed by atoms with Crippen LogP contribution in [0.5, 0.6) is 0 Å². The fourth-order valence-electron chi connectivity index (χ4n) is 3.63. The van der Waals surface area contributed by atoms with Gasteiger partial charge in [-0.1, -0.05) is 6.07 Å². The van der Waals surface area contributed by atoms with Crippen LogP contribution in [0.4, 0.5) is 11.4 Å². The van der Waals surface area contributed by atoms with Crippen LogP contribution in [0.25, 0.3) is 0 Å². The Morgan fingerprint density at radius 3 is 2.41 bits per heavy atom. The monoisotopic (exact) mass is 377 g/mol. The average molecular weight is 378 g/mol. The molecule has 0 aliphatic carbocycles. The number of thiocarbonyl (C=S) groups is 1. The third-order valence-electron chi connectivity index (χ3n) is 5.03. The summed E-state index contributed by atoms with van der Waals surface area (Å²) >= 11 is 5.75. The molecule has 138 valence electrons. The molecule has 3 aromatic rings. The molecule has 0 unspecified atom stereocenters. The topological polar surface area (TPSA) is 36.3 Å². The van der Waals surface area contributed by atoms with E-state index in [0.717, 1.165) is 22.2 Å². The number of benzene rings is 1. The predicted octanol–water partition coefficient (Wildman–Crippen LogP) is 3.66. The smallest absolute Gasteiger partial charge is 0.174 e. The third kappa shape index (κ3) is 3.17. The molecule has 1 aliphatic rings. The molecular formula is C21H23N5S. The Hall–Kier alpha value is -2.86. The molecule has 4 rings (SSSR count). The number of nitrogens with zero attached hydrogens (tertiary/aromatic N) is 4. The number of pyridine rings is 1. The van der Waals surface area contributed by atoms with Crippen molar-refractivity contribution in [2.75, 3.05) is 23.9 Å². The number of hydrogen-bond acceptors (Lipinski definition) is 3. The minimum atomic E-state index is -0.0131. The first-order chi connectivity index (χ1) is 13.1. The minimum Gasteiger partial charge on any atom is -0.378 e. The van der Waals surface area contributed by atoms with Crippen LogP contribution in [-0.2, 0) is 7.05 Å². The Kier molecular flexibility index (Phi) is 4.58. The fourth-order valence-corrected chi connectivity index (χ4v) is 3.97. The van der Waals surface area contributed by atoms with E-state index in [1.54, 1.807) is 0 Å². The maximum atomic E-state index is 5.75. The summed E-state index contributed by atoms with van der Waals surface area (Å²) in [7, 11) is 6.15. The molecule has 1 aliphatic heterocycles. The highest BCUT2D eigenvalue weighted by Gasteiger charge is 2.41. The number of aryl methyl sites for hydroxylation is 1. The van der Waals surface area contributed by atoms with Crippen LogP contribution in [0.1, 0.15) is 23.5 Å². The van der Waals surface area contributed by atoms with Crippen LogP contribution in [0.15, 0.2) is 67.0 Å². The molecule has 2 aromatic heterocycles. The molecule has 2 atom stereocenters. The number of hydrogen-bond donors (Lipinski definition) is 1. The summed E-state index contributed by atoms with van der Waals surface area (Å²) in [6.45, 7) is 0. The average Bonchev–Trinajstić information content (AvgIpc) is 3.25. The van der Waals surface area contributed by atoms with E-state index >= 15 is 0 Å². The largest absolute Gasteiger partial charge is 0.378 e. The van der Waals surface area contributed by atoms with Crippen LogP contribution < -0.4 is 15.1 Å². The van der Waals surface area contributed by atoms with Gasteiger partial charge in [-0.3, -0.25) is 4.98 Å². The molecule has 1 saturated heterocycles. The lowest BCUT2D eigenvalue weighted by Gasteiger charge is -2.28. The number of rotatable bonds is 4. The van der Waals surface area contributed by atoms with Gasteiger partial charge in [-0.05, 0) is 60.7 Å². The first kappa shape index (κ1) is 17.5. The summed E-state index contributed by atoms with van der Waals surface area (Å²) in [5.74, 6) is 0. The summed E-state index contributed by atoms with van der Waals surface area (Å²) in [6, 6.07) is 18.7. The van der Waals surface area contributed by atoms with Crippen molar-refractivity contribution in [3.63, 3.8) is 0 Å². The maximum Gasteiger partial charge on any atom is 0.174 e. The fraction of sp³-hybridized carbons (Fsp3) is 0.238. The van der Waals surface area contributed by atoms with Crippen molar-refractivity contribution < 1.29 is 0 Å². The molecule has 0 bridgehead atoms. The van der Waals surface area contributed by atoms with Gasteiger partial charge in [-0.25, -0.2) is 0 Å². The van der Waals surface area contributed by atoms with Gasteiger partial charge in [0.2, 0.25) is 0 Å². The first-order valence-corrected chi connectivity index (χ1v) is 9.36. The Balaban J connectivity index is 1.79. The molecule has 1 fully saturated rings. The van der Waals surface area contributed by atoms with Gasteiger partial charge in [0.25, 0.3) is 0 Å². The highest BCUT2D eigenvalue weighted by Crippen LogP contribution is 2.41. The lowest BCUT2D eigenvalue weighted by molar-refractivity contribution is 0.541. The first-order valence-electron chi connectivity index (χ1n) is 8.95. The standard InChI is InChI=1S/C21H23N5S/c1-24(2)15-9-11-16(12-10-15)26-20(18-8-6-14-25(18)3)19(23-21(26)27)17-7-4-5-13-22-17/h4-14,19-20H,1-3H3,(H,23,27)/t19-,20-/m0/s1. The van der Waals surface area contributed by atoms with Crippen molar-refractivity contribution in [2.24, 2.45) is 7.05 Å². The van der Waals surface area contributed by atoms with E-state index in [2.05, 4.69) is 80.4 Å². The third-order valence-corrected chi connectivity index (χ3v) is 5.34. The quantitative estimate of drug-likeness (QED) is 0.702. The molecule has 5 nitrogen and oxygen atoms in total. The van der Waals surface area contributed by atoms with E-state index < -0.39 is 0 Å². The van der Waals surface area contributed by atoms with Crippen LogP contribution in [0.3, 0.4) is 0 Å². The van der Waals surface area contributed by atoms with Crippen molar-refractivity contribution in [1.29, 1.82) is 0 Å². The molecule has 3 heterocycles. The van der Waals surface area contributed by atoms with E-state index in [-0.39, 0.29) is 12.1 Å². The van der Waals surface area contributed by atoms with E-state index in [9.17, 15) is 0 Å². The molecule has 1 aromatic carbocycles. The zero-order valence-corrected chi connectivity index (χ0v) is 16.5. The van der Waals surface area contributed by atoms with Crippen molar-refractivity contribution in [1.82, 2.24) is 14.9 Å². The van der Waals surface area contributed by atoms with Gasteiger partial charge < -0.3 is 19.7 Å². The minimum absolute atomic E-state index is 0.0131. The second-order valence-electron chi connectivity index (χ2n) is 6.95. The zero-order valence-electron chi connectivity index (χ0n) is 15.7. The molecule has 1 N–H and O–H groups in total.